The van der Waals surface area contributed by atoms with Gasteiger partial charge < -0.3 is 19.7 Å². The van der Waals surface area contributed by atoms with Crippen molar-refractivity contribution in [1.29, 1.82) is 0 Å². The van der Waals surface area contributed by atoms with Crippen LogP contribution in [-0.2, 0) is 20.9 Å². The Hall–Kier alpha value is -2.37. The highest BCUT2D eigenvalue weighted by molar-refractivity contribution is 5.87. The fraction of sp³-hybridized carbons (Fsp3) is 0.438. The smallest absolute Gasteiger partial charge is 0.408 e. The second-order valence-electron chi connectivity index (χ2n) is 5.31. The molecule has 0 spiro atoms. The summed E-state index contributed by atoms with van der Waals surface area (Å²) in [6, 6.07) is 8.19. The van der Waals surface area contributed by atoms with Gasteiger partial charge in [0.2, 0.25) is 5.91 Å². The summed E-state index contributed by atoms with van der Waals surface area (Å²) in [6.45, 7) is 2.29. The molecule has 1 aliphatic rings. The number of carbonyl (C=O) groups excluding carboxylic acids is 3. The average molecular weight is 304 g/mol. The predicted molar refractivity (Wildman–Crippen MR) is 80.0 cm³/mol. The highest BCUT2D eigenvalue weighted by Crippen LogP contribution is 2.16. The first kappa shape index (κ1) is 16.0. The molecule has 0 bridgehead atoms. The van der Waals surface area contributed by atoms with E-state index in [4.69, 9.17) is 4.74 Å². The van der Waals surface area contributed by atoms with Gasteiger partial charge in [-0.15, -0.1) is 0 Å². The van der Waals surface area contributed by atoms with E-state index in [2.05, 4.69) is 5.32 Å². The Bertz CT molecular complexity index is 532. The van der Waals surface area contributed by atoms with Crippen molar-refractivity contribution in [1.82, 2.24) is 10.2 Å². The van der Waals surface area contributed by atoms with Crippen LogP contribution >= 0.6 is 0 Å². The van der Waals surface area contributed by atoms with Gasteiger partial charge in [0.05, 0.1) is 6.04 Å². The summed E-state index contributed by atoms with van der Waals surface area (Å²) in [5.74, 6) is -0.258. The van der Waals surface area contributed by atoms with Crippen LogP contribution < -0.4 is 5.32 Å². The molecule has 0 radical (unpaired) electrons. The number of likely N-dealkylation sites (tertiary alicyclic amines) is 1. The van der Waals surface area contributed by atoms with Crippen LogP contribution in [0.2, 0.25) is 0 Å². The molecule has 0 saturated carbocycles. The zero-order valence-corrected chi connectivity index (χ0v) is 12.5. The minimum Gasteiger partial charge on any atom is -0.445 e. The van der Waals surface area contributed by atoms with Crippen LogP contribution in [0.25, 0.3) is 0 Å². The third-order valence-electron chi connectivity index (χ3n) is 3.66. The summed E-state index contributed by atoms with van der Waals surface area (Å²) in [4.78, 5) is 36.4. The van der Waals surface area contributed by atoms with Gasteiger partial charge in [-0.3, -0.25) is 4.79 Å². The van der Waals surface area contributed by atoms with Gasteiger partial charge in [0, 0.05) is 6.54 Å². The standard InChI is InChI=1S/C16H20N2O4/c1-12(15(20)18-9-5-8-14(18)10-19)17-16(21)22-11-13-6-3-2-4-7-13/h2-4,6-7,10,12,14H,5,8-9,11H2,1H3,(H,17,21)/t12-,14+/m1/s1. The summed E-state index contributed by atoms with van der Waals surface area (Å²) in [5, 5.41) is 2.50. The number of hydrogen-bond acceptors (Lipinski definition) is 4. The van der Waals surface area contributed by atoms with E-state index in [1.807, 2.05) is 30.3 Å². The second kappa shape index (κ2) is 7.59. The van der Waals surface area contributed by atoms with Gasteiger partial charge in [0.1, 0.15) is 18.9 Å². The Morgan fingerprint density at radius 1 is 1.41 bits per heavy atom. The van der Waals surface area contributed by atoms with Crippen molar-refractivity contribution in [2.45, 2.75) is 38.5 Å². The van der Waals surface area contributed by atoms with Crippen molar-refractivity contribution >= 4 is 18.3 Å². The van der Waals surface area contributed by atoms with Gasteiger partial charge in [-0.05, 0) is 25.3 Å². The Morgan fingerprint density at radius 2 is 2.14 bits per heavy atom. The molecule has 6 nitrogen and oxygen atoms in total. The quantitative estimate of drug-likeness (QED) is 0.836. The lowest BCUT2D eigenvalue weighted by molar-refractivity contribution is -0.136. The van der Waals surface area contributed by atoms with Gasteiger partial charge in [-0.1, -0.05) is 30.3 Å². The number of amides is 2. The summed E-state index contributed by atoms with van der Waals surface area (Å²) < 4.78 is 5.07. The monoisotopic (exact) mass is 304 g/mol. The molecule has 22 heavy (non-hydrogen) atoms. The first-order chi connectivity index (χ1) is 10.6. The molecule has 1 saturated heterocycles. The molecule has 2 amide bonds. The van der Waals surface area contributed by atoms with Crippen molar-refractivity contribution in [3.8, 4) is 0 Å². The van der Waals surface area contributed by atoms with Gasteiger partial charge in [0.15, 0.2) is 0 Å². The Kier molecular flexibility index (Phi) is 5.52. The van der Waals surface area contributed by atoms with E-state index in [0.29, 0.717) is 13.0 Å². The lowest BCUT2D eigenvalue weighted by Gasteiger charge is -2.24. The molecule has 1 heterocycles. The number of alkyl carbamates (subject to hydrolysis) is 1. The highest BCUT2D eigenvalue weighted by atomic mass is 16.5. The first-order valence-corrected chi connectivity index (χ1v) is 7.35. The number of hydrogen-bond donors (Lipinski definition) is 1. The van der Waals surface area contributed by atoms with Crippen molar-refractivity contribution in [3.05, 3.63) is 35.9 Å². The molecule has 1 fully saturated rings. The maximum Gasteiger partial charge on any atom is 0.408 e. The Labute approximate surface area is 129 Å². The third kappa shape index (κ3) is 4.07. The first-order valence-electron chi connectivity index (χ1n) is 7.35. The van der Waals surface area contributed by atoms with Gasteiger partial charge in [0.25, 0.3) is 0 Å². The number of ether oxygens (including phenoxy) is 1. The number of rotatable bonds is 5. The molecule has 2 rings (SSSR count). The van der Waals surface area contributed by atoms with Crippen molar-refractivity contribution in [3.63, 3.8) is 0 Å². The van der Waals surface area contributed by atoms with E-state index < -0.39 is 12.1 Å². The SMILES string of the molecule is C[C@@H](NC(=O)OCc1ccccc1)C(=O)N1CCC[C@H]1C=O. The van der Waals surface area contributed by atoms with Crippen LogP contribution in [0, 0.1) is 0 Å². The molecule has 0 unspecified atom stereocenters. The fourth-order valence-electron chi connectivity index (χ4n) is 2.46. The third-order valence-corrected chi connectivity index (χ3v) is 3.66. The van der Waals surface area contributed by atoms with E-state index in [9.17, 15) is 14.4 Å². The molecular formula is C16H20N2O4. The highest BCUT2D eigenvalue weighted by Gasteiger charge is 2.31. The van der Waals surface area contributed by atoms with E-state index >= 15 is 0 Å². The molecule has 118 valence electrons. The number of benzene rings is 1. The fourth-order valence-corrected chi connectivity index (χ4v) is 2.46. The van der Waals surface area contributed by atoms with Crippen molar-refractivity contribution in [2.75, 3.05) is 6.54 Å². The van der Waals surface area contributed by atoms with E-state index in [1.54, 1.807) is 6.92 Å². The maximum absolute atomic E-state index is 12.2. The second-order valence-corrected chi connectivity index (χ2v) is 5.31. The van der Waals surface area contributed by atoms with Crippen LogP contribution in [0.5, 0.6) is 0 Å². The lowest BCUT2D eigenvalue weighted by Crippen LogP contribution is -2.49. The Morgan fingerprint density at radius 3 is 2.82 bits per heavy atom. The maximum atomic E-state index is 12.2. The van der Waals surface area contributed by atoms with Gasteiger partial charge in [-0.2, -0.15) is 0 Å². The van der Waals surface area contributed by atoms with Crippen LogP contribution in [0.4, 0.5) is 4.79 Å². The van der Waals surface area contributed by atoms with Crippen LogP contribution in [0.3, 0.4) is 0 Å². The van der Waals surface area contributed by atoms with Crippen LogP contribution in [0.15, 0.2) is 30.3 Å². The predicted octanol–water partition coefficient (Wildman–Crippen LogP) is 1.49. The zero-order chi connectivity index (χ0) is 15.9. The largest absolute Gasteiger partial charge is 0.445 e. The summed E-state index contributed by atoms with van der Waals surface area (Å²) >= 11 is 0. The minimum atomic E-state index is -0.719. The van der Waals surface area contributed by atoms with Gasteiger partial charge in [-0.25, -0.2) is 4.79 Å². The molecular weight excluding hydrogens is 284 g/mol. The number of nitrogens with zero attached hydrogens (tertiary/aromatic N) is 1. The topological polar surface area (TPSA) is 75.7 Å². The van der Waals surface area contributed by atoms with Gasteiger partial charge >= 0.3 is 6.09 Å². The molecule has 0 aromatic heterocycles. The van der Waals surface area contributed by atoms with Crippen LogP contribution in [0.1, 0.15) is 25.3 Å². The number of aldehydes is 1. The van der Waals surface area contributed by atoms with Crippen molar-refractivity contribution in [2.24, 2.45) is 0 Å². The normalized spacial score (nSPS) is 18.6. The molecule has 1 aromatic rings. The van der Waals surface area contributed by atoms with E-state index in [0.717, 1.165) is 18.3 Å². The van der Waals surface area contributed by atoms with E-state index in [1.165, 1.54) is 4.90 Å². The zero-order valence-electron chi connectivity index (χ0n) is 12.5. The molecule has 6 heteroatoms. The molecule has 1 N–H and O–H groups in total. The summed E-state index contributed by atoms with van der Waals surface area (Å²) in [7, 11) is 0. The molecule has 2 atom stereocenters. The Balaban J connectivity index is 1.80. The summed E-state index contributed by atoms with van der Waals surface area (Å²) in [6.07, 6.45) is 1.62. The van der Waals surface area contributed by atoms with E-state index in [-0.39, 0.29) is 18.6 Å². The van der Waals surface area contributed by atoms with Crippen molar-refractivity contribution < 1.29 is 19.1 Å². The number of carbonyl (C=O) groups is 3. The van der Waals surface area contributed by atoms with Crippen LogP contribution in [-0.4, -0.2) is 41.8 Å². The molecule has 1 aromatic carbocycles. The minimum absolute atomic E-state index is 0.147. The molecule has 0 aliphatic carbocycles. The average Bonchev–Trinajstić information content (AvgIpc) is 3.01. The lowest BCUT2D eigenvalue weighted by atomic mass is 10.2. The number of nitrogens with one attached hydrogen (secondary N) is 1. The molecule has 1 aliphatic heterocycles. The summed E-state index contributed by atoms with van der Waals surface area (Å²) in [5.41, 5.74) is 0.872.